The topological polar surface area (TPSA) is 3.24 Å². The smallest absolute Gasteiger partial charge is 0.0465 e. The summed E-state index contributed by atoms with van der Waals surface area (Å²) in [5.74, 6) is 0. The predicted octanol–water partition coefficient (Wildman–Crippen LogP) is 16.1. The summed E-state index contributed by atoms with van der Waals surface area (Å²) in [4.78, 5) is 2.39. The molecule has 0 aromatic heterocycles. The number of fused-ring (bicyclic) bond motifs is 6. The van der Waals surface area contributed by atoms with Gasteiger partial charge in [0.25, 0.3) is 0 Å². The van der Waals surface area contributed by atoms with Crippen LogP contribution in [0, 0.1) is 0 Å². The van der Waals surface area contributed by atoms with Crippen LogP contribution in [0.2, 0.25) is 0 Å². The average Bonchev–Trinajstić information content (AvgIpc) is 3.63. The first-order valence-electron chi connectivity index (χ1n) is 21.1. The molecule has 59 heavy (non-hydrogen) atoms. The van der Waals surface area contributed by atoms with Crippen molar-refractivity contribution in [3.63, 3.8) is 0 Å². The van der Waals surface area contributed by atoms with Gasteiger partial charge in [-0.05, 0) is 143 Å². The number of benzene rings is 8. The van der Waals surface area contributed by atoms with Crippen LogP contribution in [-0.2, 0) is 16.2 Å². The standard InChI is InChI=1S/C58H51N/c1-56(2,3)43-27-22-40(23-28-43)50-34-42(38-16-10-8-11-17-38)35-51-49-32-26-41(36-53(49)58(6,7)55(50)51)39-24-29-45(30-25-39)59(44-18-12-9-13-19-44)46-31-33-48-47-20-14-15-21-52(47)57(4,5)54(48)37-46/h8-37H,1-7H3. The number of hydrogen-bond donors (Lipinski definition) is 0. The third-order valence-electron chi connectivity index (χ3n) is 13.2. The molecule has 1 heteroatoms. The third kappa shape index (κ3) is 6.06. The molecule has 10 rings (SSSR count). The maximum atomic E-state index is 2.45. The van der Waals surface area contributed by atoms with E-state index in [1.54, 1.807) is 0 Å². The van der Waals surface area contributed by atoms with Crippen molar-refractivity contribution in [3.05, 3.63) is 210 Å². The first-order valence-corrected chi connectivity index (χ1v) is 21.1. The summed E-state index contributed by atoms with van der Waals surface area (Å²) < 4.78 is 0. The Morgan fingerprint density at radius 1 is 0.339 bits per heavy atom. The van der Waals surface area contributed by atoms with E-state index in [2.05, 4.69) is 235 Å². The summed E-state index contributed by atoms with van der Waals surface area (Å²) in [7, 11) is 0. The number of hydrogen-bond acceptors (Lipinski definition) is 1. The Morgan fingerprint density at radius 2 is 0.847 bits per heavy atom. The lowest BCUT2D eigenvalue weighted by molar-refractivity contribution is 0.590. The van der Waals surface area contributed by atoms with Gasteiger partial charge < -0.3 is 4.90 Å². The van der Waals surface area contributed by atoms with Gasteiger partial charge in [0.15, 0.2) is 0 Å². The number of para-hydroxylation sites is 1. The maximum Gasteiger partial charge on any atom is 0.0465 e. The molecule has 0 aliphatic heterocycles. The monoisotopic (exact) mass is 761 g/mol. The fourth-order valence-electron chi connectivity index (χ4n) is 9.97. The van der Waals surface area contributed by atoms with Gasteiger partial charge >= 0.3 is 0 Å². The minimum atomic E-state index is -0.195. The van der Waals surface area contributed by atoms with Crippen LogP contribution in [0.3, 0.4) is 0 Å². The molecule has 1 nitrogen and oxygen atoms in total. The van der Waals surface area contributed by atoms with Crippen LogP contribution in [0.4, 0.5) is 17.1 Å². The molecule has 0 atom stereocenters. The SMILES string of the molecule is CC(C)(C)c1ccc(-c2cc(-c3ccccc3)cc3c2C(C)(C)c2cc(-c4ccc(N(c5ccccc5)c5ccc6c(c5)C(C)(C)c5ccccc5-6)cc4)ccc2-3)cc1. The van der Waals surface area contributed by atoms with Gasteiger partial charge in [-0.1, -0.05) is 176 Å². The molecular formula is C58H51N. The van der Waals surface area contributed by atoms with E-state index in [4.69, 9.17) is 0 Å². The Bertz CT molecular complexity index is 2870. The zero-order valence-corrected chi connectivity index (χ0v) is 35.3. The van der Waals surface area contributed by atoms with Gasteiger partial charge in [-0.2, -0.15) is 0 Å². The van der Waals surface area contributed by atoms with Crippen LogP contribution < -0.4 is 4.90 Å². The first-order chi connectivity index (χ1) is 28.4. The second-order valence-electron chi connectivity index (χ2n) is 18.6. The Hall–Kier alpha value is -6.44. The molecule has 288 valence electrons. The molecule has 0 N–H and O–H groups in total. The molecule has 0 saturated heterocycles. The Morgan fingerprint density at radius 3 is 1.56 bits per heavy atom. The highest BCUT2D eigenvalue weighted by molar-refractivity contribution is 5.93. The molecule has 0 heterocycles. The zero-order valence-electron chi connectivity index (χ0n) is 35.3. The maximum absolute atomic E-state index is 2.45. The van der Waals surface area contributed by atoms with Gasteiger partial charge in [0, 0.05) is 27.9 Å². The predicted molar refractivity (Wildman–Crippen MR) is 251 cm³/mol. The van der Waals surface area contributed by atoms with E-state index >= 15 is 0 Å². The molecule has 0 unspecified atom stereocenters. The van der Waals surface area contributed by atoms with Gasteiger partial charge in [0.2, 0.25) is 0 Å². The molecule has 0 fully saturated rings. The normalized spacial score (nSPS) is 14.3. The van der Waals surface area contributed by atoms with E-state index < -0.39 is 0 Å². The fourth-order valence-corrected chi connectivity index (χ4v) is 9.97. The Balaban J connectivity index is 1.04. The minimum Gasteiger partial charge on any atom is -0.310 e. The van der Waals surface area contributed by atoms with Crippen LogP contribution in [0.15, 0.2) is 182 Å². The van der Waals surface area contributed by atoms with Crippen molar-refractivity contribution in [2.24, 2.45) is 0 Å². The molecule has 0 radical (unpaired) electrons. The first kappa shape index (κ1) is 36.9. The van der Waals surface area contributed by atoms with Gasteiger partial charge in [-0.3, -0.25) is 0 Å². The van der Waals surface area contributed by atoms with Crippen LogP contribution in [0.25, 0.3) is 55.6 Å². The van der Waals surface area contributed by atoms with E-state index in [0.717, 1.165) is 11.4 Å². The highest BCUT2D eigenvalue weighted by atomic mass is 15.1. The third-order valence-corrected chi connectivity index (χ3v) is 13.2. The Labute approximate surface area is 350 Å². The van der Waals surface area contributed by atoms with Crippen LogP contribution in [-0.4, -0.2) is 0 Å². The quantitative estimate of drug-likeness (QED) is 0.163. The van der Waals surface area contributed by atoms with Crippen LogP contribution in [0.1, 0.15) is 76.3 Å². The van der Waals surface area contributed by atoms with Gasteiger partial charge in [0.05, 0.1) is 0 Å². The van der Waals surface area contributed by atoms with E-state index in [1.165, 1.54) is 89.1 Å². The molecule has 0 spiro atoms. The average molecular weight is 762 g/mol. The zero-order chi connectivity index (χ0) is 40.7. The van der Waals surface area contributed by atoms with Crippen molar-refractivity contribution in [3.8, 4) is 55.6 Å². The summed E-state index contributed by atoms with van der Waals surface area (Å²) in [6.07, 6.45) is 0. The van der Waals surface area contributed by atoms with E-state index in [-0.39, 0.29) is 16.2 Å². The summed E-state index contributed by atoms with van der Waals surface area (Å²) in [5, 5.41) is 0. The lowest BCUT2D eigenvalue weighted by Gasteiger charge is -2.28. The van der Waals surface area contributed by atoms with E-state index in [0.29, 0.717) is 0 Å². The minimum absolute atomic E-state index is 0.0735. The van der Waals surface area contributed by atoms with E-state index in [9.17, 15) is 0 Å². The molecule has 0 saturated carbocycles. The fraction of sp³-hybridized carbons (Fsp3) is 0.172. The highest BCUT2D eigenvalue weighted by Gasteiger charge is 2.39. The van der Waals surface area contributed by atoms with Crippen LogP contribution in [0.5, 0.6) is 0 Å². The molecule has 8 aromatic carbocycles. The second kappa shape index (κ2) is 13.6. The van der Waals surface area contributed by atoms with E-state index in [1.807, 2.05) is 0 Å². The lowest BCUT2D eigenvalue weighted by atomic mass is 9.77. The summed E-state index contributed by atoms with van der Waals surface area (Å²) >= 11 is 0. The molecule has 8 aromatic rings. The van der Waals surface area contributed by atoms with Crippen molar-refractivity contribution >= 4 is 17.1 Å². The van der Waals surface area contributed by atoms with Crippen molar-refractivity contribution < 1.29 is 0 Å². The molecular weight excluding hydrogens is 711 g/mol. The highest BCUT2D eigenvalue weighted by Crippen LogP contribution is 2.55. The summed E-state index contributed by atoms with van der Waals surface area (Å²) in [5.41, 5.74) is 23.0. The molecule has 0 bridgehead atoms. The molecule has 2 aliphatic rings. The van der Waals surface area contributed by atoms with Crippen LogP contribution >= 0.6 is 0 Å². The second-order valence-corrected chi connectivity index (χ2v) is 18.6. The van der Waals surface area contributed by atoms with Crippen molar-refractivity contribution in [2.45, 2.75) is 64.7 Å². The van der Waals surface area contributed by atoms with Gasteiger partial charge in [-0.15, -0.1) is 0 Å². The molecule has 0 amide bonds. The largest absolute Gasteiger partial charge is 0.310 e. The number of nitrogens with zero attached hydrogens (tertiary/aromatic N) is 1. The van der Waals surface area contributed by atoms with Gasteiger partial charge in [0.1, 0.15) is 0 Å². The lowest BCUT2D eigenvalue weighted by Crippen LogP contribution is -2.16. The van der Waals surface area contributed by atoms with Gasteiger partial charge in [-0.25, -0.2) is 0 Å². The number of rotatable bonds is 6. The summed E-state index contributed by atoms with van der Waals surface area (Å²) in [6, 6.07) is 67.9. The van der Waals surface area contributed by atoms with Crippen molar-refractivity contribution in [1.82, 2.24) is 0 Å². The van der Waals surface area contributed by atoms with Crippen molar-refractivity contribution in [2.75, 3.05) is 4.90 Å². The Kier molecular flexibility index (Phi) is 8.48. The number of anilines is 3. The van der Waals surface area contributed by atoms with Crippen molar-refractivity contribution in [1.29, 1.82) is 0 Å². The summed E-state index contributed by atoms with van der Waals surface area (Å²) in [6.45, 7) is 16.4. The molecule has 2 aliphatic carbocycles.